The van der Waals surface area contributed by atoms with E-state index in [2.05, 4.69) is 12.2 Å². The van der Waals surface area contributed by atoms with Gasteiger partial charge in [-0.1, -0.05) is 36.2 Å². The van der Waals surface area contributed by atoms with Crippen molar-refractivity contribution < 1.29 is 0 Å². The summed E-state index contributed by atoms with van der Waals surface area (Å²) in [7, 11) is 0. The van der Waals surface area contributed by atoms with Crippen LogP contribution >= 0.6 is 23.2 Å². The van der Waals surface area contributed by atoms with Crippen LogP contribution in [0.1, 0.15) is 38.2 Å². The molecule has 1 aliphatic rings. The van der Waals surface area contributed by atoms with E-state index in [4.69, 9.17) is 23.2 Å². The average molecular weight is 286 g/mol. The zero-order valence-electron chi connectivity index (χ0n) is 10.9. The minimum atomic E-state index is 0.691. The maximum atomic E-state index is 6.23. The van der Waals surface area contributed by atoms with Gasteiger partial charge in [-0.05, 0) is 62.3 Å². The number of rotatable bonds is 5. The summed E-state index contributed by atoms with van der Waals surface area (Å²) in [6.45, 7) is 3.34. The maximum Gasteiger partial charge on any atom is 0.0452 e. The predicted molar refractivity (Wildman–Crippen MR) is 79.6 cm³/mol. The van der Waals surface area contributed by atoms with Crippen LogP contribution in [0.2, 0.25) is 10.0 Å². The van der Waals surface area contributed by atoms with Crippen LogP contribution in [0.5, 0.6) is 0 Å². The second-order valence-corrected chi connectivity index (χ2v) is 6.05. The summed E-state index contributed by atoms with van der Waals surface area (Å²) in [6, 6.07) is 6.47. The highest BCUT2D eigenvalue weighted by atomic mass is 35.5. The Morgan fingerprint density at radius 2 is 1.94 bits per heavy atom. The molecule has 1 N–H and O–H groups in total. The van der Waals surface area contributed by atoms with Crippen LogP contribution < -0.4 is 5.32 Å². The summed E-state index contributed by atoms with van der Waals surface area (Å²) in [5.74, 6) is 0.719. The van der Waals surface area contributed by atoms with Gasteiger partial charge in [-0.2, -0.15) is 0 Å². The van der Waals surface area contributed by atoms with Gasteiger partial charge in [0.2, 0.25) is 0 Å². The van der Waals surface area contributed by atoms with Crippen molar-refractivity contribution in [1.82, 2.24) is 5.32 Å². The summed E-state index contributed by atoms with van der Waals surface area (Å²) in [6.07, 6.45) is 6.04. The third-order valence-corrected chi connectivity index (χ3v) is 4.49. The molecule has 0 aromatic heterocycles. The van der Waals surface area contributed by atoms with E-state index in [0.717, 1.165) is 34.5 Å². The predicted octanol–water partition coefficient (Wildman–Crippen LogP) is 4.70. The standard InChI is InChI=1S/C15H21Cl2N/c1-2-8-18-12-7-6-11(9-12)10-13-14(16)4-3-5-15(13)17/h3-5,11-12,18H,2,6-10H2,1H3. The van der Waals surface area contributed by atoms with Crippen molar-refractivity contribution in [2.45, 2.75) is 45.1 Å². The number of benzene rings is 1. The van der Waals surface area contributed by atoms with E-state index in [-0.39, 0.29) is 0 Å². The van der Waals surface area contributed by atoms with E-state index < -0.39 is 0 Å². The molecule has 3 heteroatoms. The molecule has 1 aliphatic carbocycles. The molecular formula is C15H21Cl2N. The minimum absolute atomic E-state index is 0.691. The Bertz CT molecular complexity index is 372. The molecule has 1 aromatic rings. The van der Waals surface area contributed by atoms with Crippen LogP contribution in [-0.4, -0.2) is 12.6 Å². The number of hydrogen-bond acceptors (Lipinski definition) is 1. The molecule has 18 heavy (non-hydrogen) atoms. The average Bonchev–Trinajstić information content (AvgIpc) is 2.79. The summed E-state index contributed by atoms with van der Waals surface area (Å²) in [5.41, 5.74) is 1.13. The van der Waals surface area contributed by atoms with Gasteiger partial charge in [0, 0.05) is 16.1 Å². The fourth-order valence-electron chi connectivity index (χ4n) is 2.81. The van der Waals surface area contributed by atoms with Crippen molar-refractivity contribution in [3.63, 3.8) is 0 Å². The van der Waals surface area contributed by atoms with Gasteiger partial charge >= 0.3 is 0 Å². The van der Waals surface area contributed by atoms with Crippen molar-refractivity contribution in [3.05, 3.63) is 33.8 Å². The first-order chi connectivity index (χ1) is 8.70. The maximum absolute atomic E-state index is 6.23. The number of halogens is 2. The van der Waals surface area contributed by atoms with Crippen LogP contribution in [0.3, 0.4) is 0 Å². The summed E-state index contributed by atoms with van der Waals surface area (Å²) >= 11 is 12.5. The molecule has 0 spiro atoms. The molecule has 0 bridgehead atoms. The Morgan fingerprint density at radius 1 is 1.22 bits per heavy atom. The van der Waals surface area contributed by atoms with E-state index in [1.54, 1.807) is 0 Å². The van der Waals surface area contributed by atoms with Gasteiger partial charge < -0.3 is 5.32 Å². The van der Waals surface area contributed by atoms with Gasteiger partial charge in [-0.15, -0.1) is 0 Å². The van der Waals surface area contributed by atoms with E-state index in [9.17, 15) is 0 Å². The monoisotopic (exact) mass is 285 g/mol. The second-order valence-electron chi connectivity index (χ2n) is 5.23. The molecule has 0 amide bonds. The quantitative estimate of drug-likeness (QED) is 0.827. The Kier molecular flexibility index (Phi) is 5.35. The molecule has 100 valence electrons. The normalized spacial score (nSPS) is 23.5. The molecule has 2 unspecified atom stereocenters. The van der Waals surface area contributed by atoms with E-state index in [1.165, 1.54) is 25.7 Å². The summed E-state index contributed by atoms with van der Waals surface area (Å²) in [4.78, 5) is 0. The first-order valence-electron chi connectivity index (χ1n) is 6.87. The summed E-state index contributed by atoms with van der Waals surface area (Å²) < 4.78 is 0. The topological polar surface area (TPSA) is 12.0 Å². The highest BCUT2D eigenvalue weighted by Crippen LogP contribution is 2.33. The molecule has 0 radical (unpaired) electrons. The van der Waals surface area contributed by atoms with Gasteiger partial charge in [0.15, 0.2) is 0 Å². The Balaban J connectivity index is 1.91. The zero-order chi connectivity index (χ0) is 13.0. The molecule has 0 saturated heterocycles. The summed E-state index contributed by atoms with van der Waals surface area (Å²) in [5, 5.41) is 5.24. The van der Waals surface area contributed by atoms with Crippen molar-refractivity contribution >= 4 is 23.2 Å². The minimum Gasteiger partial charge on any atom is -0.314 e. The Hall–Kier alpha value is -0.240. The molecule has 1 aromatic carbocycles. The number of nitrogens with one attached hydrogen (secondary N) is 1. The molecule has 2 atom stereocenters. The third kappa shape index (κ3) is 3.63. The Morgan fingerprint density at radius 3 is 2.61 bits per heavy atom. The molecule has 1 fully saturated rings. The molecular weight excluding hydrogens is 265 g/mol. The smallest absolute Gasteiger partial charge is 0.0452 e. The number of hydrogen-bond donors (Lipinski definition) is 1. The highest BCUT2D eigenvalue weighted by Gasteiger charge is 2.25. The van der Waals surface area contributed by atoms with E-state index >= 15 is 0 Å². The van der Waals surface area contributed by atoms with Crippen molar-refractivity contribution in [2.24, 2.45) is 5.92 Å². The second kappa shape index (κ2) is 6.79. The van der Waals surface area contributed by atoms with Crippen molar-refractivity contribution in [3.8, 4) is 0 Å². The van der Waals surface area contributed by atoms with Gasteiger partial charge in [0.1, 0.15) is 0 Å². The van der Waals surface area contributed by atoms with Crippen LogP contribution in [0.25, 0.3) is 0 Å². The largest absolute Gasteiger partial charge is 0.314 e. The lowest BCUT2D eigenvalue weighted by Gasteiger charge is -2.14. The van der Waals surface area contributed by atoms with Gasteiger partial charge in [0.25, 0.3) is 0 Å². The van der Waals surface area contributed by atoms with Gasteiger partial charge in [0.05, 0.1) is 0 Å². The van der Waals surface area contributed by atoms with Gasteiger partial charge in [-0.25, -0.2) is 0 Å². The highest BCUT2D eigenvalue weighted by molar-refractivity contribution is 6.35. The lowest BCUT2D eigenvalue weighted by molar-refractivity contribution is 0.484. The molecule has 0 aliphatic heterocycles. The first-order valence-corrected chi connectivity index (χ1v) is 7.62. The fraction of sp³-hybridized carbons (Fsp3) is 0.600. The SMILES string of the molecule is CCCNC1CCC(Cc2c(Cl)cccc2Cl)C1. The van der Waals surface area contributed by atoms with Crippen molar-refractivity contribution in [2.75, 3.05) is 6.54 Å². The van der Waals surface area contributed by atoms with E-state index in [0.29, 0.717) is 6.04 Å². The van der Waals surface area contributed by atoms with Crippen LogP contribution in [0.15, 0.2) is 18.2 Å². The van der Waals surface area contributed by atoms with Crippen LogP contribution in [0, 0.1) is 5.92 Å². The molecule has 1 saturated carbocycles. The van der Waals surface area contributed by atoms with E-state index in [1.807, 2.05) is 18.2 Å². The van der Waals surface area contributed by atoms with Crippen molar-refractivity contribution in [1.29, 1.82) is 0 Å². The van der Waals surface area contributed by atoms with Crippen LogP contribution in [0.4, 0.5) is 0 Å². The van der Waals surface area contributed by atoms with Gasteiger partial charge in [-0.3, -0.25) is 0 Å². The molecule has 1 nitrogen and oxygen atoms in total. The third-order valence-electron chi connectivity index (χ3n) is 3.78. The fourth-order valence-corrected chi connectivity index (χ4v) is 3.36. The lowest BCUT2D eigenvalue weighted by Crippen LogP contribution is -2.27. The van der Waals surface area contributed by atoms with Crippen LogP contribution in [-0.2, 0) is 6.42 Å². The molecule has 2 rings (SSSR count). The zero-order valence-corrected chi connectivity index (χ0v) is 12.4. The lowest BCUT2D eigenvalue weighted by atomic mass is 9.97. The first kappa shape index (κ1) is 14.2. The molecule has 0 heterocycles. The Labute approximate surface area is 120 Å².